The van der Waals surface area contributed by atoms with Gasteiger partial charge in [-0.15, -0.1) is 22.0 Å². The smallest absolute Gasteiger partial charge is 0.240 e. The zero-order valence-electron chi connectivity index (χ0n) is 10.4. The quantitative estimate of drug-likeness (QED) is 0.944. The summed E-state index contributed by atoms with van der Waals surface area (Å²) in [6.45, 7) is 2.02. The molecule has 1 N–H and O–H groups in total. The van der Waals surface area contributed by atoms with Gasteiger partial charge < -0.3 is 0 Å². The minimum atomic E-state index is -0.0635. The standard InChI is InChI=1S/C13H13N3OS2/c1-2-11-15-16-13(19-11)14-12(17)10-7-8-5-3-4-6-9(8)18-10/h3-6,10H,2,7H2,1H3,(H,14,16,17). The van der Waals surface area contributed by atoms with Gasteiger partial charge in [0.25, 0.3) is 0 Å². The van der Waals surface area contributed by atoms with Crippen molar-refractivity contribution in [2.24, 2.45) is 0 Å². The van der Waals surface area contributed by atoms with Crippen LogP contribution in [0.3, 0.4) is 0 Å². The zero-order chi connectivity index (χ0) is 13.2. The van der Waals surface area contributed by atoms with Crippen molar-refractivity contribution in [3.05, 3.63) is 34.8 Å². The van der Waals surface area contributed by atoms with E-state index in [1.54, 1.807) is 11.8 Å². The summed E-state index contributed by atoms with van der Waals surface area (Å²) in [5.74, 6) is 0.0139. The summed E-state index contributed by atoms with van der Waals surface area (Å²) in [6, 6.07) is 8.16. The van der Waals surface area contributed by atoms with Crippen LogP contribution in [0.2, 0.25) is 0 Å². The molecule has 1 atom stereocenters. The third kappa shape index (κ3) is 2.64. The number of anilines is 1. The molecule has 1 aliphatic heterocycles. The molecule has 98 valence electrons. The average molecular weight is 291 g/mol. The van der Waals surface area contributed by atoms with Gasteiger partial charge in [0, 0.05) is 4.90 Å². The van der Waals surface area contributed by atoms with Crippen molar-refractivity contribution in [1.29, 1.82) is 0 Å². The minimum absolute atomic E-state index is 0.0139. The normalized spacial score (nSPS) is 17.2. The number of hydrogen-bond donors (Lipinski definition) is 1. The zero-order valence-corrected chi connectivity index (χ0v) is 12.1. The first kappa shape index (κ1) is 12.6. The first-order chi connectivity index (χ1) is 9.26. The van der Waals surface area contributed by atoms with E-state index in [1.807, 2.05) is 19.1 Å². The van der Waals surface area contributed by atoms with Crippen molar-refractivity contribution < 1.29 is 4.79 Å². The third-order valence-corrected chi connectivity index (χ3v) is 5.24. The highest BCUT2D eigenvalue weighted by Gasteiger charge is 2.28. The fourth-order valence-corrected chi connectivity index (χ4v) is 3.84. The molecule has 0 saturated carbocycles. The van der Waals surface area contributed by atoms with Crippen LogP contribution in [0.25, 0.3) is 0 Å². The second kappa shape index (κ2) is 5.30. The Labute approximate surface area is 119 Å². The Morgan fingerprint density at radius 1 is 1.42 bits per heavy atom. The number of nitrogens with zero attached hydrogens (tertiary/aromatic N) is 2. The predicted octanol–water partition coefficient (Wildman–Crippen LogP) is 2.76. The van der Waals surface area contributed by atoms with Gasteiger partial charge in [0.2, 0.25) is 11.0 Å². The molecule has 2 heterocycles. The molecule has 2 aromatic rings. The Morgan fingerprint density at radius 3 is 3.00 bits per heavy atom. The van der Waals surface area contributed by atoms with Gasteiger partial charge in [-0.1, -0.05) is 36.5 Å². The predicted molar refractivity (Wildman–Crippen MR) is 77.7 cm³/mol. The van der Waals surface area contributed by atoms with Crippen LogP contribution < -0.4 is 5.32 Å². The third-order valence-electron chi connectivity index (χ3n) is 2.94. The highest BCUT2D eigenvalue weighted by atomic mass is 32.2. The Bertz CT molecular complexity index is 586. The van der Waals surface area contributed by atoms with Gasteiger partial charge in [0.15, 0.2) is 0 Å². The van der Waals surface area contributed by atoms with Crippen molar-refractivity contribution in [2.45, 2.75) is 29.9 Å². The molecule has 0 saturated heterocycles. The number of benzene rings is 1. The lowest BCUT2D eigenvalue weighted by atomic mass is 10.1. The van der Waals surface area contributed by atoms with Crippen molar-refractivity contribution >= 4 is 34.1 Å². The summed E-state index contributed by atoms with van der Waals surface area (Å²) in [5.41, 5.74) is 1.25. The fraction of sp³-hybridized carbons (Fsp3) is 0.308. The van der Waals surface area contributed by atoms with Gasteiger partial charge in [-0.2, -0.15) is 0 Å². The van der Waals surface area contributed by atoms with Crippen molar-refractivity contribution in [2.75, 3.05) is 5.32 Å². The number of nitrogens with one attached hydrogen (secondary N) is 1. The lowest BCUT2D eigenvalue weighted by Crippen LogP contribution is -2.24. The van der Waals surface area contributed by atoms with E-state index in [-0.39, 0.29) is 11.2 Å². The van der Waals surface area contributed by atoms with Crippen LogP contribution in [0, 0.1) is 0 Å². The summed E-state index contributed by atoms with van der Waals surface area (Å²) in [6.07, 6.45) is 1.63. The molecule has 3 rings (SSSR count). The van der Waals surface area contributed by atoms with Crippen LogP contribution in [0.1, 0.15) is 17.5 Å². The molecular formula is C13H13N3OS2. The molecule has 0 spiro atoms. The lowest BCUT2D eigenvalue weighted by Gasteiger charge is -2.06. The Morgan fingerprint density at radius 2 is 2.26 bits per heavy atom. The van der Waals surface area contributed by atoms with Crippen molar-refractivity contribution in [1.82, 2.24) is 10.2 Å². The number of aromatic nitrogens is 2. The van der Waals surface area contributed by atoms with Crippen molar-refractivity contribution in [3.63, 3.8) is 0 Å². The Hall–Kier alpha value is -1.40. The number of carbonyl (C=O) groups is 1. The van der Waals surface area contributed by atoms with E-state index in [1.165, 1.54) is 21.8 Å². The number of fused-ring (bicyclic) bond motifs is 1. The van der Waals surface area contributed by atoms with Gasteiger partial charge in [0.1, 0.15) is 5.01 Å². The molecule has 4 nitrogen and oxygen atoms in total. The highest BCUT2D eigenvalue weighted by Crippen LogP contribution is 2.37. The number of hydrogen-bond acceptors (Lipinski definition) is 5. The maximum absolute atomic E-state index is 12.2. The minimum Gasteiger partial charge on any atom is -0.300 e. The molecule has 0 fully saturated rings. The maximum Gasteiger partial charge on any atom is 0.240 e. The number of carbonyl (C=O) groups excluding carboxylic acids is 1. The van der Waals surface area contributed by atoms with Gasteiger partial charge in [-0.25, -0.2) is 0 Å². The number of amides is 1. The van der Waals surface area contributed by atoms with E-state index in [0.29, 0.717) is 5.13 Å². The molecule has 0 bridgehead atoms. The summed E-state index contributed by atoms with van der Waals surface area (Å²) >= 11 is 3.06. The first-order valence-electron chi connectivity index (χ1n) is 6.14. The Balaban J connectivity index is 1.66. The summed E-state index contributed by atoms with van der Waals surface area (Å²) in [7, 11) is 0. The fourth-order valence-electron chi connectivity index (χ4n) is 1.96. The largest absolute Gasteiger partial charge is 0.300 e. The second-order valence-corrected chi connectivity index (χ2v) is 6.57. The molecular weight excluding hydrogens is 278 g/mol. The second-order valence-electron chi connectivity index (χ2n) is 4.26. The Kier molecular flexibility index (Phi) is 3.52. The van der Waals surface area contributed by atoms with Crippen molar-refractivity contribution in [3.8, 4) is 0 Å². The molecule has 6 heteroatoms. The number of thioether (sulfide) groups is 1. The van der Waals surface area contributed by atoms with Crippen LogP contribution in [-0.4, -0.2) is 21.4 Å². The summed E-state index contributed by atoms with van der Waals surface area (Å²) in [5, 5.41) is 12.3. The molecule has 1 aromatic carbocycles. The van der Waals surface area contributed by atoms with Gasteiger partial charge in [0.05, 0.1) is 5.25 Å². The van der Waals surface area contributed by atoms with Crippen LogP contribution in [0.15, 0.2) is 29.2 Å². The molecule has 0 aliphatic carbocycles. The van der Waals surface area contributed by atoms with Crippen LogP contribution in [-0.2, 0) is 17.6 Å². The van der Waals surface area contributed by atoms with E-state index in [2.05, 4.69) is 27.6 Å². The summed E-state index contributed by atoms with van der Waals surface area (Å²) in [4.78, 5) is 13.4. The molecule has 1 aliphatic rings. The molecule has 19 heavy (non-hydrogen) atoms. The maximum atomic E-state index is 12.2. The highest BCUT2D eigenvalue weighted by molar-refractivity contribution is 8.01. The van der Waals surface area contributed by atoms with E-state index < -0.39 is 0 Å². The monoisotopic (exact) mass is 291 g/mol. The van der Waals surface area contributed by atoms with E-state index in [0.717, 1.165) is 17.8 Å². The molecule has 1 unspecified atom stereocenters. The van der Waals surface area contributed by atoms with E-state index in [9.17, 15) is 4.79 Å². The first-order valence-corrected chi connectivity index (χ1v) is 7.83. The van der Waals surface area contributed by atoms with Gasteiger partial charge >= 0.3 is 0 Å². The van der Waals surface area contributed by atoms with Crippen LogP contribution >= 0.6 is 23.1 Å². The molecule has 1 amide bonds. The number of rotatable bonds is 3. The molecule has 1 aromatic heterocycles. The van der Waals surface area contributed by atoms with Gasteiger partial charge in [-0.05, 0) is 24.5 Å². The van der Waals surface area contributed by atoms with E-state index in [4.69, 9.17) is 0 Å². The molecule has 0 radical (unpaired) electrons. The number of aryl methyl sites for hydroxylation is 1. The van der Waals surface area contributed by atoms with Gasteiger partial charge in [-0.3, -0.25) is 10.1 Å². The lowest BCUT2D eigenvalue weighted by molar-refractivity contribution is -0.115. The van der Waals surface area contributed by atoms with Crippen LogP contribution in [0.5, 0.6) is 0 Å². The topological polar surface area (TPSA) is 54.9 Å². The summed E-state index contributed by atoms with van der Waals surface area (Å²) < 4.78 is 0. The van der Waals surface area contributed by atoms with Crippen LogP contribution in [0.4, 0.5) is 5.13 Å². The van der Waals surface area contributed by atoms with E-state index >= 15 is 0 Å². The average Bonchev–Trinajstić information content (AvgIpc) is 3.04. The SMILES string of the molecule is CCc1nnc(NC(=O)C2Cc3ccccc3S2)s1.